The van der Waals surface area contributed by atoms with Crippen LogP contribution in [0.25, 0.3) is 0 Å². The van der Waals surface area contributed by atoms with Crippen LogP contribution in [0.15, 0.2) is 42.7 Å². The quantitative estimate of drug-likeness (QED) is 0.560. The summed E-state index contributed by atoms with van der Waals surface area (Å²) < 4.78 is 12.4. The molecule has 9 nitrogen and oxygen atoms in total. The van der Waals surface area contributed by atoms with Crippen molar-refractivity contribution in [2.75, 3.05) is 25.5 Å². The third-order valence-electron chi connectivity index (χ3n) is 8.15. The van der Waals surface area contributed by atoms with Gasteiger partial charge in [0, 0.05) is 37.6 Å². The molecule has 39 heavy (non-hydrogen) atoms. The molecule has 1 saturated heterocycles. The van der Waals surface area contributed by atoms with Gasteiger partial charge in [0.05, 0.1) is 24.1 Å². The van der Waals surface area contributed by atoms with Crippen LogP contribution >= 0.6 is 0 Å². The molecule has 208 valence electrons. The summed E-state index contributed by atoms with van der Waals surface area (Å²) in [6.45, 7) is 0.838. The first kappa shape index (κ1) is 27.1. The zero-order valence-electron chi connectivity index (χ0n) is 22.6. The monoisotopic (exact) mass is 534 g/mol. The van der Waals surface area contributed by atoms with Gasteiger partial charge in [0.25, 0.3) is 5.91 Å². The Labute approximate surface area is 229 Å². The van der Waals surface area contributed by atoms with Gasteiger partial charge in [-0.3, -0.25) is 19.4 Å². The minimum absolute atomic E-state index is 0.0235. The molecule has 0 unspecified atom stereocenters. The predicted octanol–water partition coefficient (Wildman–Crippen LogP) is 3.73. The molecule has 9 heteroatoms. The summed E-state index contributed by atoms with van der Waals surface area (Å²) in [6, 6.07) is 8.97. The highest BCUT2D eigenvalue weighted by Gasteiger charge is 2.39. The van der Waals surface area contributed by atoms with Crippen LogP contribution in [-0.4, -0.2) is 66.1 Å². The second kappa shape index (κ2) is 12.6. The number of pyridine rings is 1. The molecule has 3 atom stereocenters. The molecule has 2 fully saturated rings. The van der Waals surface area contributed by atoms with E-state index in [0.29, 0.717) is 30.0 Å². The SMILES string of the molecule is CN1C(=O)c2cc(NC(=O)C3CCCCC3)ccc2OC[C@@H]2O[C@@H](CC(=O)NCCc3ccncc3)CC[C@@H]21. The number of hydrogen-bond acceptors (Lipinski definition) is 6. The van der Waals surface area contributed by atoms with Gasteiger partial charge in [0.15, 0.2) is 0 Å². The fourth-order valence-electron chi connectivity index (χ4n) is 5.89. The number of carbonyl (C=O) groups is 3. The van der Waals surface area contributed by atoms with Crippen LogP contribution in [0.3, 0.4) is 0 Å². The first-order chi connectivity index (χ1) is 19.0. The number of carbonyl (C=O) groups excluding carboxylic acids is 3. The lowest BCUT2D eigenvalue weighted by molar-refractivity contribution is -0.134. The lowest BCUT2D eigenvalue weighted by atomic mass is 9.88. The van der Waals surface area contributed by atoms with Crippen LogP contribution in [0.5, 0.6) is 5.75 Å². The number of likely N-dealkylation sites (N-methyl/N-ethyl adjacent to an activating group) is 1. The zero-order valence-corrected chi connectivity index (χ0v) is 22.6. The van der Waals surface area contributed by atoms with Gasteiger partial charge in [0.2, 0.25) is 11.8 Å². The first-order valence-electron chi connectivity index (χ1n) is 14.1. The Hall–Kier alpha value is -3.46. The van der Waals surface area contributed by atoms with E-state index in [1.54, 1.807) is 42.5 Å². The third kappa shape index (κ3) is 6.76. The molecule has 1 aliphatic carbocycles. The van der Waals surface area contributed by atoms with E-state index in [1.165, 1.54) is 6.42 Å². The summed E-state index contributed by atoms with van der Waals surface area (Å²) >= 11 is 0. The van der Waals surface area contributed by atoms with Crippen molar-refractivity contribution in [1.29, 1.82) is 0 Å². The number of hydrogen-bond donors (Lipinski definition) is 2. The summed E-state index contributed by atoms with van der Waals surface area (Å²) in [5.41, 5.74) is 2.18. The molecule has 3 aliphatic rings. The van der Waals surface area contributed by atoms with Gasteiger partial charge in [-0.05, 0) is 68.0 Å². The van der Waals surface area contributed by atoms with Gasteiger partial charge >= 0.3 is 0 Å². The van der Waals surface area contributed by atoms with E-state index in [4.69, 9.17) is 9.47 Å². The van der Waals surface area contributed by atoms with E-state index in [0.717, 1.165) is 44.1 Å². The number of nitrogens with zero attached hydrogens (tertiary/aromatic N) is 2. The highest BCUT2D eigenvalue weighted by molar-refractivity contribution is 6.00. The molecule has 0 radical (unpaired) electrons. The molecule has 3 amide bonds. The van der Waals surface area contributed by atoms with Gasteiger partial charge in [0.1, 0.15) is 18.5 Å². The number of nitrogens with one attached hydrogen (secondary N) is 2. The molecule has 0 spiro atoms. The predicted molar refractivity (Wildman–Crippen MR) is 146 cm³/mol. The van der Waals surface area contributed by atoms with Crippen LogP contribution in [0.2, 0.25) is 0 Å². The Morgan fingerprint density at radius 2 is 1.85 bits per heavy atom. The molecule has 5 rings (SSSR count). The summed E-state index contributed by atoms with van der Waals surface area (Å²) in [7, 11) is 1.79. The van der Waals surface area contributed by atoms with Gasteiger partial charge in [-0.25, -0.2) is 0 Å². The summed E-state index contributed by atoms with van der Waals surface area (Å²) in [5, 5.41) is 5.98. The number of fused-ring (bicyclic) bond motifs is 2. The van der Waals surface area contributed by atoms with E-state index >= 15 is 0 Å². The zero-order chi connectivity index (χ0) is 27.2. The number of rotatable bonds is 7. The standard InChI is InChI=1S/C30H38N4O5/c1-34-25-9-8-23(18-28(35)32-16-13-20-11-14-31-15-12-20)39-27(25)19-38-26-10-7-22(17-24(26)30(34)37)33-29(36)21-5-3-2-4-6-21/h7,10-12,14-15,17,21,23,25,27H,2-6,8-9,13,16,18-19H2,1H3,(H,32,35)(H,33,36)/t23-,25+,27+/m1/s1. The first-order valence-corrected chi connectivity index (χ1v) is 14.1. The summed E-state index contributed by atoms with van der Waals surface area (Å²) in [4.78, 5) is 44.5. The number of ether oxygens (including phenoxy) is 2. The number of anilines is 1. The molecule has 1 aromatic heterocycles. The largest absolute Gasteiger partial charge is 0.490 e. The van der Waals surface area contributed by atoms with Crippen molar-refractivity contribution in [1.82, 2.24) is 15.2 Å². The molecule has 2 aliphatic heterocycles. The van der Waals surface area contributed by atoms with Gasteiger partial charge in [-0.2, -0.15) is 0 Å². The highest BCUT2D eigenvalue weighted by atomic mass is 16.5. The van der Waals surface area contributed by atoms with Gasteiger partial charge in [-0.1, -0.05) is 19.3 Å². The van der Waals surface area contributed by atoms with E-state index in [2.05, 4.69) is 15.6 Å². The van der Waals surface area contributed by atoms with Crippen LogP contribution in [0.4, 0.5) is 5.69 Å². The second-order valence-electron chi connectivity index (χ2n) is 10.9. The smallest absolute Gasteiger partial charge is 0.257 e. The minimum atomic E-state index is -0.332. The van der Waals surface area contributed by atoms with E-state index in [9.17, 15) is 14.4 Å². The Balaban J connectivity index is 1.17. The van der Waals surface area contributed by atoms with Crippen molar-refractivity contribution < 1.29 is 23.9 Å². The number of aromatic nitrogens is 1. The molecular formula is C30H38N4O5. The summed E-state index contributed by atoms with van der Waals surface area (Å²) in [5.74, 6) is 0.323. The topological polar surface area (TPSA) is 110 Å². The maximum atomic E-state index is 13.5. The highest BCUT2D eigenvalue weighted by Crippen LogP contribution is 2.33. The molecule has 3 heterocycles. The fourth-order valence-corrected chi connectivity index (χ4v) is 5.89. The average Bonchev–Trinajstić information content (AvgIpc) is 2.96. The average molecular weight is 535 g/mol. The molecular weight excluding hydrogens is 496 g/mol. The fraction of sp³-hybridized carbons (Fsp3) is 0.533. The van der Waals surface area contributed by atoms with Crippen molar-refractivity contribution in [3.8, 4) is 5.75 Å². The van der Waals surface area contributed by atoms with Crippen LogP contribution < -0.4 is 15.4 Å². The van der Waals surface area contributed by atoms with E-state index < -0.39 is 0 Å². The molecule has 1 aromatic carbocycles. The van der Waals surface area contributed by atoms with Crippen molar-refractivity contribution in [2.24, 2.45) is 5.92 Å². The third-order valence-corrected chi connectivity index (χ3v) is 8.15. The van der Waals surface area contributed by atoms with Crippen LogP contribution in [0, 0.1) is 5.92 Å². The van der Waals surface area contributed by atoms with Crippen molar-refractivity contribution in [3.05, 3.63) is 53.9 Å². The maximum Gasteiger partial charge on any atom is 0.257 e. The molecule has 0 bridgehead atoms. The molecule has 2 aromatic rings. The Bertz CT molecular complexity index is 1170. The molecule has 2 N–H and O–H groups in total. The summed E-state index contributed by atoms with van der Waals surface area (Å²) in [6.07, 6.45) is 10.5. The Morgan fingerprint density at radius 3 is 2.64 bits per heavy atom. The van der Waals surface area contributed by atoms with Crippen molar-refractivity contribution in [3.63, 3.8) is 0 Å². The molecule has 1 saturated carbocycles. The Morgan fingerprint density at radius 1 is 1.05 bits per heavy atom. The Kier molecular flexibility index (Phi) is 8.76. The number of amides is 3. The van der Waals surface area contributed by atoms with E-state index in [-0.39, 0.29) is 54.9 Å². The van der Waals surface area contributed by atoms with Crippen molar-refractivity contribution in [2.45, 2.75) is 76.0 Å². The van der Waals surface area contributed by atoms with Crippen LogP contribution in [-0.2, 0) is 20.7 Å². The van der Waals surface area contributed by atoms with Crippen LogP contribution in [0.1, 0.15) is 67.3 Å². The lowest BCUT2D eigenvalue weighted by Crippen LogP contribution is -2.54. The van der Waals surface area contributed by atoms with Gasteiger partial charge in [-0.15, -0.1) is 0 Å². The minimum Gasteiger partial charge on any atom is -0.490 e. The van der Waals surface area contributed by atoms with E-state index in [1.807, 2.05) is 12.1 Å². The number of benzene rings is 1. The maximum absolute atomic E-state index is 13.5. The lowest BCUT2D eigenvalue weighted by Gasteiger charge is -2.42. The second-order valence-corrected chi connectivity index (χ2v) is 10.9. The van der Waals surface area contributed by atoms with Crippen molar-refractivity contribution >= 4 is 23.4 Å². The normalized spacial score (nSPS) is 23.5. The van der Waals surface area contributed by atoms with Gasteiger partial charge < -0.3 is 25.0 Å².